The molecule has 0 radical (unpaired) electrons. The molecule has 4 heteroatoms. The first kappa shape index (κ1) is 12.9. The lowest BCUT2D eigenvalue weighted by molar-refractivity contribution is 0.0853. The Morgan fingerprint density at radius 1 is 1.25 bits per heavy atom. The van der Waals surface area contributed by atoms with Crippen LogP contribution in [0.15, 0.2) is 30.3 Å². The van der Waals surface area contributed by atoms with Gasteiger partial charge in [0, 0.05) is 11.3 Å². The van der Waals surface area contributed by atoms with E-state index in [4.69, 9.17) is 16.3 Å². The first-order valence-electron chi connectivity index (χ1n) is 5.15. The molecule has 1 atom stereocenters. The summed E-state index contributed by atoms with van der Waals surface area (Å²) in [6.07, 6.45) is 1.01. The van der Waals surface area contributed by atoms with Gasteiger partial charge in [0.2, 0.25) is 0 Å². The van der Waals surface area contributed by atoms with Gasteiger partial charge in [0.05, 0.1) is 16.4 Å². The van der Waals surface area contributed by atoms with Gasteiger partial charge in [0.1, 0.15) is 0 Å². The minimum absolute atomic E-state index is 0.0224. The van der Waals surface area contributed by atoms with Crippen LogP contribution in [0.5, 0.6) is 0 Å². The highest BCUT2D eigenvalue weighted by atomic mass is 79.9. The maximum Gasteiger partial charge on any atom is 0.0903 e. The van der Waals surface area contributed by atoms with E-state index >= 15 is 0 Å². The van der Waals surface area contributed by atoms with Crippen molar-refractivity contribution in [3.8, 4) is 0 Å². The molecule has 0 heterocycles. The molecule has 2 rings (SSSR count). The molecular formula is C12H13Br2ClO. The normalized spacial score (nSPS) is 26.7. The van der Waals surface area contributed by atoms with Crippen molar-refractivity contribution in [2.75, 3.05) is 12.5 Å². The van der Waals surface area contributed by atoms with Crippen LogP contribution in [0.2, 0.25) is 0 Å². The summed E-state index contributed by atoms with van der Waals surface area (Å²) in [5.41, 5.74) is 1.24. The van der Waals surface area contributed by atoms with Crippen LogP contribution < -0.4 is 0 Å². The lowest BCUT2D eigenvalue weighted by atomic mass is 10.1. The van der Waals surface area contributed by atoms with Gasteiger partial charge in [-0.2, -0.15) is 0 Å². The molecule has 0 saturated heterocycles. The van der Waals surface area contributed by atoms with Crippen molar-refractivity contribution in [2.24, 2.45) is 5.41 Å². The topological polar surface area (TPSA) is 9.23 Å². The number of halogens is 3. The molecular weight excluding hydrogens is 355 g/mol. The van der Waals surface area contributed by atoms with Gasteiger partial charge in [-0.05, 0) is 12.0 Å². The van der Waals surface area contributed by atoms with E-state index in [1.165, 1.54) is 5.56 Å². The van der Waals surface area contributed by atoms with Crippen molar-refractivity contribution >= 4 is 43.5 Å². The largest absolute Gasteiger partial charge is 0.376 e. The Labute approximate surface area is 118 Å². The SMILES string of the molecule is ClCC1(COCc2ccccc2)CC1(Br)Br. The zero-order chi connectivity index (χ0) is 11.6. The molecule has 0 amide bonds. The van der Waals surface area contributed by atoms with Crippen LogP contribution in [0, 0.1) is 5.41 Å². The van der Waals surface area contributed by atoms with Crippen LogP contribution >= 0.6 is 43.5 Å². The fourth-order valence-electron chi connectivity index (χ4n) is 1.66. The standard InChI is InChI=1S/C12H13Br2ClO/c13-12(14)7-11(12,8-15)9-16-6-10-4-2-1-3-5-10/h1-5H,6-9H2. The van der Waals surface area contributed by atoms with Crippen molar-refractivity contribution in [1.82, 2.24) is 0 Å². The van der Waals surface area contributed by atoms with E-state index in [0.29, 0.717) is 19.1 Å². The predicted octanol–water partition coefficient (Wildman–Crippen LogP) is 4.32. The second-order valence-electron chi connectivity index (χ2n) is 4.27. The van der Waals surface area contributed by atoms with Crippen LogP contribution in [0.1, 0.15) is 12.0 Å². The molecule has 1 unspecified atom stereocenters. The third kappa shape index (κ3) is 2.63. The van der Waals surface area contributed by atoms with Crippen molar-refractivity contribution < 1.29 is 4.74 Å². The van der Waals surface area contributed by atoms with E-state index in [1.54, 1.807) is 0 Å². The molecule has 0 aromatic heterocycles. The third-order valence-electron chi connectivity index (χ3n) is 2.96. The molecule has 1 nitrogen and oxygen atoms in total. The lowest BCUT2D eigenvalue weighted by Gasteiger charge is -2.15. The molecule has 0 spiro atoms. The molecule has 1 aliphatic rings. The molecule has 0 N–H and O–H groups in total. The summed E-state index contributed by atoms with van der Waals surface area (Å²) in [7, 11) is 0. The second-order valence-corrected chi connectivity index (χ2v) is 8.31. The Morgan fingerprint density at radius 2 is 1.88 bits per heavy atom. The Kier molecular flexibility index (Phi) is 4.00. The number of rotatable bonds is 5. The zero-order valence-corrected chi connectivity index (χ0v) is 12.7. The summed E-state index contributed by atoms with van der Waals surface area (Å²) >= 11 is 13.2. The first-order valence-corrected chi connectivity index (χ1v) is 7.27. The van der Waals surface area contributed by atoms with E-state index in [2.05, 4.69) is 44.0 Å². The molecule has 1 fully saturated rings. The molecule has 1 aliphatic carbocycles. The summed E-state index contributed by atoms with van der Waals surface area (Å²) in [5.74, 6) is 0.609. The lowest BCUT2D eigenvalue weighted by Crippen LogP contribution is -2.18. The summed E-state index contributed by atoms with van der Waals surface area (Å²) in [4.78, 5) is 0. The highest BCUT2D eigenvalue weighted by Crippen LogP contribution is 2.67. The van der Waals surface area contributed by atoms with Crippen LogP contribution in [-0.4, -0.2) is 15.7 Å². The van der Waals surface area contributed by atoms with Gasteiger partial charge in [0.25, 0.3) is 0 Å². The second kappa shape index (κ2) is 4.97. The fraction of sp³-hybridized carbons (Fsp3) is 0.500. The third-order valence-corrected chi connectivity index (χ3v) is 5.71. The number of hydrogen-bond donors (Lipinski definition) is 0. The number of ether oxygens (including phenoxy) is 1. The van der Waals surface area contributed by atoms with E-state index < -0.39 is 0 Å². The van der Waals surface area contributed by atoms with Gasteiger partial charge in [-0.25, -0.2) is 0 Å². The first-order chi connectivity index (χ1) is 7.60. The molecule has 0 bridgehead atoms. The quantitative estimate of drug-likeness (QED) is 0.704. The van der Waals surface area contributed by atoms with Crippen LogP contribution in [0.4, 0.5) is 0 Å². The van der Waals surface area contributed by atoms with Gasteiger partial charge in [-0.3, -0.25) is 0 Å². The van der Waals surface area contributed by atoms with Gasteiger partial charge in [0.15, 0.2) is 0 Å². The maximum absolute atomic E-state index is 5.98. The van der Waals surface area contributed by atoms with Crippen LogP contribution in [0.25, 0.3) is 0 Å². The van der Waals surface area contributed by atoms with E-state index in [0.717, 1.165) is 6.42 Å². The van der Waals surface area contributed by atoms with Crippen molar-refractivity contribution in [3.63, 3.8) is 0 Å². The Hall–Kier alpha value is 0.430. The molecule has 1 saturated carbocycles. The monoisotopic (exact) mass is 366 g/mol. The molecule has 0 aliphatic heterocycles. The van der Waals surface area contributed by atoms with E-state index in [-0.39, 0.29) is 8.65 Å². The van der Waals surface area contributed by atoms with Crippen LogP contribution in [-0.2, 0) is 11.3 Å². The summed E-state index contributed by atoms with van der Waals surface area (Å²) in [6.45, 7) is 1.33. The molecule has 16 heavy (non-hydrogen) atoms. The zero-order valence-electron chi connectivity index (χ0n) is 8.76. The van der Waals surface area contributed by atoms with Crippen molar-refractivity contribution in [2.45, 2.75) is 16.3 Å². The van der Waals surface area contributed by atoms with Gasteiger partial charge >= 0.3 is 0 Å². The summed E-state index contributed by atoms with van der Waals surface area (Å²) in [6, 6.07) is 10.2. The van der Waals surface area contributed by atoms with E-state index in [9.17, 15) is 0 Å². The molecule has 88 valence electrons. The minimum Gasteiger partial charge on any atom is -0.376 e. The number of benzene rings is 1. The molecule has 1 aromatic rings. The highest BCUT2D eigenvalue weighted by Gasteiger charge is 2.64. The number of hydrogen-bond acceptors (Lipinski definition) is 1. The summed E-state index contributed by atoms with van der Waals surface area (Å²) < 4.78 is 5.71. The predicted molar refractivity (Wildman–Crippen MR) is 74.5 cm³/mol. The highest BCUT2D eigenvalue weighted by molar-refractivity contribution is 9.25. The van der Waals surface area contributed by atoms with E-state index in [1.807, 2.05) is 18.2 Å². The maximum atomic E-state index is 5.98. The van der Waals surface area contributed by atoms with Crippen molar-refractivity contribution in [3.05, 3.63) is 35.9 Å². The van der Waals surface area contributed by atoms with Gasteiger partial charge in [-0.1, -0.05) is 62.2 Å². The smallest absolute Gasteiger partial charge is 0.0903 e. The van der Waals surface area contributed by atoms with Gasteiger partial charge < -0.3 is 4.74 Å². The minimum atomic E-state index is -0.0224. The fourth-order valence-corrected chi connectivity index (χ4v) is 3.96. The van der Waals surface area contributed by atoms with Crippen molar-refractivity contribution in [1.29, 1.82) is 0 Å². The Bertz CT molecular complexity index is 355. The number of alkyl halides is 3. The average molecular weight is 368 g/mol. The molecule has 1 aromatic carbocycles. The van der Waals surface area contributed by atoms with Crippen LogP contribution in [0.3, 0.4) is 0 Å². The average Bonchev–Trinajstić information content (AvgIpc) is 2.83. The Morgan fingerprint density at radius 3 is 2.38 bits per heavy atom. The Balaban J connectivity index is 1.81. The van der Waals surface area contributed by atoms with Gasteiger partial charge in [-0.15, -0.1) is 11.6 Å². The summed E-state index contributed by atoms with van der Waals surface area (Å²) in [5, 5.41) is 0.